The van der Waals surface area contributed by atoms with Gasteiger partial charge in [0.1, 0.15) is 0 Å². The summed E-state index contributed by atoms with van der Waals surface area (Å²) in [4.78, 5) is 11.4. The van der Waals surface area contributed by atoms with E-state index in [1.165, 1.54) is 0 Å². The molecule has 0 aromatic carbocycles. The highest BCUT2D eigenvalue weighted by Gasteiger charge is 2.46. The van der Waals surface area contributed by atoms with Crippen molar-refractivity contribution >= 4 is 5.91 Å². The minimum Gasteiger partial charge on any atom is -0.352 e. The minimum absolute atomic E-state index is 0.0106. The Bertz CT molecular complexity index is 234. The Kier molecular flexibility index (Phi) is 1.84. The van der Waals surface area contributed by atoms with E-state index in [9.17, 15) is 9.18 Å². The van der Waals surface area contributed by atoms with Gasteiger partial charge in [-0.1, -0.05) is 6.92 Å². The topological polar surface area (TPSA) is 41.1 Å². The zero-order chi connectivity index (χ0) is 9.53. The SMILES string of the molecule is CC1(C(=O)NCC2(F)CNC2)CC1. The zero-order valence-electron chi connectivity index (χ0n) is 7.82. The number of hydrogen-bond donors (Lipinski definition) is 2. The largest absolute Gasteiger partial charge is 0.352 e. The molecular weight excluding hydrogens is 171 g/mol. The number of hydrogen-bond acceptors (Lipinski definition) is 2. The van der Waals surface area contributed by atoms with Crippen LogP contribution in [0.1, 0.15) is 19.8 Å². The summed E-state index contributed by atoms with van der Waals surface area (Å²) in [7, 11) is 0. The molecule has 1 saturated carbocycles. The van der Waals surface area contributed by atoms with Crippen molar-refractivity contribution in [1.82, 2.24) is 10.6 Å². The third kappa shape index (κ3) is 1.68. The molecule has 1 aliphatic heterocycles. The fraction of sp³-hybridized carbons (Fsp3) is 0.889. The van der Waals surface area contributed by atoms with Gasteiger partial charge in [0.2, 0.25) is 5.91 Å². The lowest BCUT2D eigenvalue weighted by Crippen LogP contribution is -2.62. The van der Waals surface area contributed by atoms with E-state index in [2.05, 4.69) is 10.6 Å². The lowest BCUT2D eigenvalue weighted by Gasteiger charge is -2.35. The van der Waals surface area contributed by atoms with Gasteiger partial charge < -0.3 is 10.6 Å². The first kappa shape index (κ1) is 8.94. The van der Waals surface area contributed by atoms with Crippen LogP contribution < -0.4 is 10.6 Å². The van der Waals surface area contributed by atoms with E-state index in [0.29, 0.717) is 13.1 Å². The van der Waals surface area contributed by atoms with Crippen LogP contribution in [0.2, 0.25) is 0 Å². The predicted octanol–water partition coefficient (Wildman–Crippen LogP) is 0.214. The van der Waals surface area contributed by atoms with Crippen LogP contribution >= 0.6 is 0 Å². The first-order valence-corrected chi connectivity index (χ1v) is 4.72. The Morgan fingerprint density at radius 3 is 2.54 bits per heavy atom. The maximum absolute atomic E-state index is 13.4. The van der Waals surface area contributed by atoms with E-state index >= 15 is 0 Å². The summed E-state index contributed by atoms with van der Waals surface area (Å²) in [5.74, 6) is 0.0106. The second kappa shape index (κ2) is 2.67. The van der Waals surface area contributed by atoms with Gasteiger partial charge in [0.25, 0.3) is 0 Å². The molecule has 74 valence electrons. The summed E-state index contributed by atoms with van der Waals surface area (Å²) in [5.41, 5.74) is -1.38. The van der Waals surface area contributed by atoms with Gasteiger partial charge in [-0.05, 0) is 12.8 Å². The molecule has 2 rings (SSSR count). The summed E-state index contributed by atoms with van der Waals surface area (Å²) in [5, 5.41) is 5.53. The second-order valence-electron chi connectivity index (χ2n) is 4.50. The fourth-order valence-corrected chi connectivity index (χ4v) is 1.39. The molecule has 1 amide bonds. The summed E-state index contributed by atoms with van der Waals surface area (Å²) in [6.07, 6.45) is 1.88. The van der Waals surface area contributed by atoms with Gasteiger partial charge in [-0.25, -0.2) is 4.39 Å². The van der Waals surface area contributed by atoms with E-state index in [1.54, 1.807) is 0 Å². The quantitative estimate of drug-likeness (QED) is 0.661. The van der Waals surface area contributed by atoms with Gasteiger partial charge in [0, 0.05) is 18.5 Å². The van der Waals surface area contributed by atoms with Crippen LogP contribution in [0.25, 0.3) is 0 Å². The molecule has 0 atom stereocenters. The maximum atomic E-state index is 13.4. The minimum atomic E-state index is -1.19. The molecule has 0 aromatic heterocycles. The van der Waals surface area contributed by atoms with Gasteiger partial charge in [0.15, 0.2) is 5.67 Å². The molecule has 3 nitrogen and oxygen atoms in total. The molecule has 2 aliphatic rings. The van der Waals surface area contributed by atoms with Crippen molar-refractivity contribution in [2.45, 2.75) is 25.4 Å². The summed E-state index contributed by atoms with van der Waals surface area (Å²) >= 11 is 0. The maximum Gasteiger partial charge on any atom is 0.226 e. The van der Waals surface area contributed by atoms with Gasteiger partial charge in [0.05, 0.1) is 6.54 Å². The zero-order valence-corrected chi connectivity index (χ0v) is 7.82. The van der Waals surface area contributed by atoms with Gasteiger partial charge >= 0.3 is 0 Å². The van der Waals surface area contributed by atoms with Crippen molar-refractivity contribution in [3.05, 3.63) is 0 Å². The van der Waals surface area contributed by atoms with Crippen LogP contribution in [0.3, 0.4) is 0 Å². The molecule has 0 radical (unpaired) electrons. The number of carbonyl (C=O) groups is 1. The molecule has 13 heavy (non-hydrogen) atoms. The molecule has 2 fully saturated rings. The van der Waals surface area contributed by atoms with Crippen LogP contribution in [0, 0.1) is 5.41 Å². The number of carbonyl (C=O) groups excluding carboxylic acids is 1. The molecule has 2 N–H and O–H groups in total. The predicted molar refractivity (Wildman–Crippen MR) is 47.1 cm³/mol. The van der Waals surface area contributed by atoms with Crippen molar-refractivity contribution < 1.29 is 9.18 Å². The van der Waals surface area contributed by atoms with Crippen molar-refractivity contribution in [2.75, 3.05) is 19.6 Å². The molecular formula is C9H15FN2O. The van der Waals surface area contributed by atoms with Crippen LogP contribution in [0.5, 0.6) is 0 Å². The first-order chi connectivity index (χ1) is 6.04. The van der Waals surface area contributed by atoms with Gasteiger partial charge in [-0.3, -0.25) is 4.79 Å². The average Bonchev–Trinajstić information content (AvgIpc) is 2.77. The highest BCUT2D eigenvalue weighted by atomic mass is 19.1. The molecule has 1 saturated heterocycles. The van der Waals surface area contributed by atoms with E-state index < -0.39 is 5.67 Å². The molecule has 0 unspecified atom stereocenters. The third-order valence-electron chi connectivity index (χ3n) is 3.00. The summed E-state index contributed by atoms with van der Waals surface area (Å²) < 4.78 is 13.4. The molecule has 1 aliphatic carbocycles. The van der Waals surface area contributed by atoms with E-state index in [-0.39, 0.29) is 17.9 Å². The third-order valence-corrected chi connectivity index (χ3v) is 3.00. The molecule has 4 heteroatoms. The van der Waals surface area contributed by atoms with Crippen molar-refractivity contribution in [2.24, 2.45) is 5.41 Å². The Morgan fingerprint density at radius 1 is 1.54 bits per heavy atom. The van der Waals surface area contributed by atoms with Crippen molar-refractivity contribution in [1.29, 1.82) is 0 Å². The Labute approximate surface area is 77.1 Å². The van der Waals surface area contributed by atoms with Crippen molar-refractivity contribution in [3.63, 3.8) is 0 Å². The molecule has 0 spiro atoms. The fourth-order valence-electron chi connectivity index (χ4n) is 1.39. The van der Waals surface area contributed by atoms with Crippen LogP contribution in [-0.2, 0) is 4.79 Å². The Morgan fingerprint density at radius 2 is 2.15 bits per heavy atom. The van der Waals surface area contributed by atoms with Crippen LogP contribution in [-0.4, -0.2) is 31.2 Å². The molecule has 1 heterocycles. The first-order valence-electron chi connectivity index (χ1n) is 4.72. The summed E-state index contributed by atoms with van der Waals surface area (Å²) in [6.45, 7) is 2.81. The van der Waals surface area contributed by atoms with Crippen LogP contribution in [0.4, 0.5) is 4.39 Å². The van der Waals surface area contributed by atoms with Gasteiger partial charge in [-0.15, -0.1) is 0 Å². The number of nitrogens with one attached hydrogen (secondary N) is 2. The van der Waals surface area contributed by atoms with E-state index in [1.807, 2.05) is 6.92 Å². The highest BCUT2D eigenvalue weighted by Crippen LogP contribution is 2.45. The average molecular weight is 186 g/mol. The molecule has 0 bridgehead atoms. The Hall–Kier alpha value is -0.640. The lowest BCUT2D eigenvalue weighted by atomic mass is 9.99. The normalized spacial score (nSPS) is 27.5. The van der Waals surface area contributed by atoms with Crippen LogP contribution in [0.15, 0.2) is 0 Å². The second-order valence-corrected chi connectivity index (χ2v) is 4.50. The Balaban J connectivity index is 1.76. The molecule has 0 aromatic rings. The number of amides is 1. The highest BCUT2D eigenvalue weighted by molar-refractivity contribution is 5.84. The smallest absolute Gasteiger partial charge is 0.226 e. The van der Waals surface area contributed by atoms with E-state index in [4.69, 9.17) is 0 Å². The van der Waals surface area contributed by atoms with Gasteiger partial charge in [-0.2, -0.15) is 0 Å². The number of rotatable bonds is 3. The van der Waals surface area contributed by atoms with E-state index in [0.717, 1.165) is 12.8 Å². The standard InChI is InChI=1S/C9H15FN2O/c1-8(2-3-8)7(13)12-6-9(10)4-11-5-9/h11H,2-6H2,1H3,(H,12,13). The monoisotopic (exact) mass is 186 g/mol. The lowest BCUT2D eigenvalue weighted by molar-refractivity contribution is -0.126. The summed E-state index contributed by atoms with van der Waals surface area (Å²) in [6, 6.07) is 0. The van der Waals surface area contributed by atoms with Crippen molar-refractivity contribution in [3.8, 4) is 0 Å². The number of alkyl halides is 1. The number of halogens is 1.